The predicted molar refractivity (Wildman–Crippen MR) is 129 cm³/mol. The third kappa shape index (κ3) is 4.66. The van der Waals surface area contributed by atoms with E-state index in [2.05, 4.69) is 10.6 Å². The van der Waals surface area contributed by atoms with Crippen LogP contribution < -0.4 is 29.6 Å². The largest absolute Gasteiger partial charge is 0.493 e. The summed E-state index contributed by atoms with van der Waals surface area (Å²) in [5, 5.41) is 5.62. The van der Waals surface area contributed by atoms with Crippen LogP contribution in [0.5, 0.6) is 28.7 Å². The minimum Gasteiger partial charge on any atom is -0.493 e. The Kier molecular flexibility index (Phi) is 6.40. The molecule has 8 nitrogen and oxygen atoms in total. The highest BCUT2D eigenvalue weighted by Crippen LogP contribution is 2.39. The molecule has 0 saturated carbocycles. The quantitative estimate of drug-likeness (QED) is 0.501. The molecule has 8 heteroatoms. The molecule has 0 unspecified atom stereocenters. The zero-order chi connectivity index (χ0) is 24.2. The van der Waals surface area contributed by atoms with Gasteiger partial charge in [-0.15, -0.1) is 0 Å². The van der Waals surface area contributed by atoms with Gasteiger partial charge in [0.1, 0.15) is 5.75 Å². The van der Waals surface area contributed by atoms with Gasteiger partial charge in [-0.1, -0.05) is 6.07 Å². The van der Waals surface area contributed by atoms with Crippen molar-refractivity contribution in [3.8, 4) is 28.7 Å². The Hall–Kier alpha value is -4.46. The summed E-state index contributed by atoms with van der Waals surface area (Å²) >= 11 is 0. The fourth-order valence-corrected chi connectivity index (χ4v) is 3.57. The molecule has 0 atom stereocenters. The average Bonchev–Trinajstić information content (AvgIpc) is 2.97. The summed E-state index contributed by atoms with van der Waals surface area (Å²) in [5.41, 5.74) is 3.06. The van der Waals surface area contributed by atoms with Gasteiger partial charge >= 0.3 is 0 Å². The molecule has 1 aliphatic rings. The van der Waals surface area contributed by atoms with E-state index in [-0.39, 0.29) is 11.8 Å². The van der Waals surface area contributed by atoms with Crippen LogP contribution in [0.2, 0.25) is 0 Å². The van der Waals surface area contributed by atoms with Crippen molar-refractivity contribution in [1.29, 1.82) is 0 Å². The molecular weight excluding hydrogens is 436 g/mol. The first-order chi connectivity index (χ1) is 16.4. The smallest absolute Gasteiger partial charge is 0.259 e. The molecule has 2 amide bonds. The molecule has 2 N–H and O–H groups in total. The molecule has 1 heterocycles. The van der Waals surface area contributed by atoms with Crippen molar-refractivity contribution in [3.63, 3.8) is 0 Å². The second kappa shape index (κ2) is 9.58. The van der Waals surface area contributed by atoms with Crippen LogP contribution in [-0.4, -0.2) is 33.1 Å². The minimum absolute atomic E-state index is 0.316. The lowest BCUT2D eigenvalue weighted by atomic mass is 10.1. The molecule has 34 heavy (non-hydrogen) atoms. The van der Waals surface area contributed by atoms with Gasteiger partial charge in [0.25, 0.3) is 5.91 Å². The van der Waals surface area contributed by atoms with Gasteiger partial charge in [-0.2, -0.15) is 0 Å². The molecule has 3 aromatic rings. The second-order valence-corrected chi connectivity index (χ2v) is 7.55. The first-order valence-corrected chi connectivity index (χ1v) is 10.4. The summed E-state index contributed by atoms with van der Waals surface area (Å²) in [5.74, 6) is 1.71. The van der Waals surface area contributed by atoms with Gasteiger partial charge < -0.3 is 29.6 Å². The Labute approximate surface area is 197 Å². The van der Waals surface area contributed by atoms with Crippen molar-refractivity contribution in [2.24, 2.45) is 0 Å². The monoisotopic (exact) mass is 460 g/mol. The van der Waals surface area contributed by atoms with Crippen LogP contribution in [-0.2, 0) is 4.79 Å². The summed E-state index contributed by atoms with van der Waals surface area (Å²) in [4.78, 5) is 25.3. The highest BCUT2D eigenvalue weighted by atomic mass is 16.5. The van der Waals surface area contributed by atoms with E-state index >= 15 is 0 Å². The van der Waals surface area contributed by atoms with E-state index in [4.69, 9.17) is 18.9 Å². The van der Waals surface area contributed by atoms with Crippen LogP contribution in [0.25, 0.3) is 6.08 Å². The Morgan fingerprint density at radius 3 is 2.32 bits per heavy atom. The Balaban J connectivity index is 1.52. The van der Waals surface area contributed by atoms with Crippen molar-refractivity contribution >= 4 is 29.3 Å². The number of rotatable bonds is 6. The topological polar surface area (TPSA) is 95.1 Å². The molecule has 3 aromatic carbocycles. The molecule has 4 rings (SSSR count). The number of aryl methyl sites for hydroxylation is 1. The lowest BCUT2D eigenvalue weighted by Crippen LogP contribution is -2.12. The number of nitrogens with one attached hydrogen (secondary N) is 2. The molecule has 0 bridgehead atoms. The molecule has 0 radical (unpaired) electrons. The van der Waals surface area contributed by atoms with Crippen LogP contribution in [0.3, 0.4) is 0 Å². The number of methoxy groups -OCH3 is 3. The lowest BCUT2D eigenvalue weighted by Gasteiger charge is -2.12. The number of fused-ring (bicyclic) bond motifs is 2. The standard InChI is InChI=1S/C26H24N2O6/c1-15-5-8-21-19(11-15)28-26(30)18-14-17(7-9-20(18)34-21)27-24(29)10-6-16-12-22(31-2)25(33-4)23(13-16)32-3/h5-14H,1-4H3,(H,27,29)(H,28,30)/b10-6+. The summed E-state index contributed by atoms with van der Waals surface area (Å²) in [6.07, 6.45) is 3.00. The third-order valence-corrected chi connectivity index (χ3v) is 5.21. The Morgan fingerprint density at radius 1 is 0.941 bits per heavy atom. The van der Waals surface area contributed by atoms with Crippen molar-refractivity contribution in [1.82, 2.24) is 0 Å². The normalized spacial score (nSPS) is 12.1. The van der Waals surface area contributed by atoms with Gasteiger partial charge in [0.15, 0.2) is 17.2 Å². The highest BCUT2D eigenvalue weighted by Gasteiger charge is 2.21. The number of hydrogen-bond acceptors (Lipinski definition) is 6. The number of hydrogen-bond donors (Lipinski definition) is 2. The summed E-state index contributed by atoms with van der Waals surface area (Å²) in [6, 6.07) is 13.9. The van der Waals surface area contributed by atoms with Crippen molar-refractivity contribution in [2.75, 3.05) is 32.0 Å². The van der Waals surface area contributed by atoms with Gasteiger partial charge in [0.05, 0.1) is 32.6 Å². The fraction of sp³-hybridized carbons (Fsp3) is 0.154. The van der Waals surface area contributed by atoms with Crippen LogP contribution in [0, 0.1) is 6.92 Å². The molecule has 0 aliphatic carbocycles. The second-order valence-electron chi connectivity index (χ2n) is 7.55. The summed E-state index contributed by atoms with van der Waals surface area (Å²) in [7, 11) is 4.57. The summed E-state index contributed by atoms with van der Waals surface area (Å²) in [6.45, 7) is 1.93. The van der Waals surface area contributed by atoms with Crippen LogP contribution >= 0.6 is 0 Å². The Bertz CT molecular complexity index is 1270. The third-order valence-electron chi connectivity index (χ3n) is 5.21. The van der Waals surface area contributed by atoms with Gasteiger partial charge in [0.2, 0.25) is 11.7 Å². The molecule has 1 aliphatic heterocycles. The van der Waals surface area contributed by atoms with Gasteiger partial charge in [-0.25, -0.2) is 0 Å². The van der Waals surface area contributed by atoms with E-state index in [0.29, 0.717) is 51.2 Å². The number of ether oxygens (including phenoxy) is 4. The van der Waals surface area contributed by atoms with Crippen LogP contribution in [0.4, 0.5) is 11.4 Å². The number of benzene rings is 3. The molecular formula is C26H24N2O6. The minimum atomic E-state index is -0.373. The zero-order valence-corrected chi connectivity index (χ0v) is 19.2. The van der Waals surface area contributed by atoms with Crippen LogP contribution in [0.15, 0.2) is 54.6 Å². The van der Waals surface area contributed by atoms with Crippen molar-refractivity contribution in [2.45, 2.75) is 6.92 Å². The average molecular weight is 460 g/mol. The molecule has 0 aromatic heterocycles. The van der Waals surface area contributed by atoms with E-state index in [0.717, 1.165) is 5.56 Å². The SMILES string of the molecule is COc1cc(/C=C/C(=O)Nc2ccc3c(c2)C(=O)Nc2cc(C)ccc2O3)cc(OC)c1OC. The Morgan fingerprint density at radius 2 is 1.65 bits per heavy atom. The van der Waals surface area contributed by atoms with E-state index in [1.807, 2.05) is 25.1 Å². The highest BCUT2D eigenvalue weighted by molar-refractivity contribution is 6.09. The predicted octanol–water partition coefficient (Wildman–Crippen LogP) is 5.03. The van der Waals surface area contributed by atoms with Gasteiger partial charge in [-0.3, -0.25) is 9.59 Å². The van der Waals surface area contributed by atoms with E-state index in [9.17, 15) is 9.59 Å². The zero-order valence-electron chi connectivity index (χ0n) is 19.2. The lowest BCUT2D eigenvalue weighted by molar-refractivity contribution is -0.111. The van der Waals surface area contributed by atoms with Gasteiger partial charge in [0, 0.05) is 11.8 Å². The molecule has 0 fully saturated rings. The van der Waals surface area contributed by atoms with Gasteiger partial charge in [-0.05, 0) is 66.6 Å². The number of carbonyl (C=O) groups is 2. The molecule has 0 saturated heterocycles. The molecule has 0 spiro atoms. The first kappa shape index (κ1) is 22.7. The van der Waals surface area contributed by atoms with E-state index in [1.165, 1.54) is 27.4 Å². The maximum atomic E-state index is 12.7. The maximum absolute atomic E-state index is 12.7. The molecule has 174 valence electrons. The van der Waals surface area contributed by atoms with Crippen molar-refractivity contribution < 1.29 is 28.5 Å². The fourth-order valence-electron chi connectivity index (χ4n) is 3.57. The van der Waals surface area contributed by atoms with E-state index in [1.54, 1.807) is 36.4 Å². The number of amides is 2. The first-order valence-electron chi connectivity index (χ1n) is 10.4. The number of anilines is 2. The maximum Gasteiger partial charge on any atom is 0.259 e. The van der Waals surface area contributed by atoms with E-state index < -0.39 is 0 Å². The van der Waals surface area contributed by atoms with Crippen molar-refractivity contribution in [3.05, 3.63) is 71.3 Å². The number of carbonyl (C=O) groups excluding carboxylic acids is 2. The van der Waals surface area contributed by atoms with Crippen LogP contribution in [0.1, 0.15) is 21.5 Å². The summed E-state index contributed by atoms with van der Waals surface area (Å²) < 4.78 is 21.9.